The van der Waals surface area contributed by atoms with Crippen LogP contribution in [0.3, 0.4) is 0 Å². The molecule has 0 bridgehead atoms. The van der Waals surface area contributed by atoms with Gasteiger partial charge in [0.1, 0.15) is 17.2 Å². The van der Waals surface area contributed by atoms with Crippen molar-refractivity contribution in [2.24, 2.45) is 0 Å². The Balaban J connectivity index is 1.25. The normalized spacial score (nSPS) is 17.1. The predicted molar refractivity (Wildman–Crippen MR) is 150 cm³/mol. The molecule has 1 amide bonds. The quantitative estimate of drug-likeness (QED) is 0.245. The van der Waals surface area contributed by atoms with Gasteiger partial charge in [-0.25, -0.2) is 24.1 Å². The molecule has 0 radical (unpaired) electrons. The minimum absolute atomic E-state index is 0.108. The summed E-state index contributed by atoms with van der Waals surface area (Å²) in [6.45, 7) is 1.98. The van der Waals surface area contributed by atoms with Gasteiger partial charge in [0.25, 0.3) is 0 Å². The summed E-state index contributed by atoms with van der Waals surface area (Å²) in [6.07, 6.45) is 6.25. The zero-order valence-electron chi connectivity index (χ0n) is 21.9. The highest BCUT2D eigenvalue weighted by molar-refractivity contribution is 7.21. The minimum atomic E-state index is -0.583. The Hall–Kier alpha value is -4.38. The number of nitrogens with zero attached hydrogens (tertiary/aromatic N) is 4. The lowest BCUT2D eigenvalue weighted by molar-refractivity contribution is -0.00440. The molecule has 2 atom stereocenters. The molecule has 1 unspecified atom stereocenters. The van der Waals surface area contributed by atoms with Crippen molar-refractivity contribution in [2.75, 3.05) is 12.4 Å². The van der Waals surface area contributed by atoms with Crippen molar-refractivity contribution >= 4 is 44.4 Å². The highest BCUT2D eigenvalue weighted by Crippen LogP contribution is 2.38. The smallest absolute Gasteiger partial charge is 0.412 e. The Morgan fingerprint density at radius 3 is 2.65 bits per heavy atom. The van der Waals surface area contributed by atoms with E-state index < -0.39 is 24.1 Å². The SMILES string of the molecule is COc1cnc2c(-c3nc4cc(F)c(OC5CCCC[C@@H]5OC(=O)Nc5ccncc5)cc4s3)cc(C)cc2n1. The van der Waals surface area contributed by atoms with Crippen LogP contribution in [0.15, 0.2) is 55.0 Å². The fraction of sp³-hybridized carbons (Fsp3) is 0.276. The number of methoxy groups -OCH3 is 1. The number of hydrogen-bond acceptors (Lipinski definition) is 9. The fourth-order valence-corrected chi connectivity index (χ4v) is 5.85. The Morgan fingerprint density at radius 2 is 1.85 bits per heavy atom. The number of rotatable bonds is 6. The number of halogens is 1. The topological polar surface area (TPSA) is 108 Å². The molecule has 0 saturated heterocycles. The number of aryl methyl sites for hydroxylation is 1. The summed E-state index contributed by atoms with van der Waals surface area (Å²) in [6, 6.07) is 10.3. The Morgan fingerprint density at radius 1 is 1.05 bits per heavy atom. The van der Waals surface area contributed by atoms with Crippen molar-refractivity contribution < 1.29 is 23.4 Å². The van der Waals surface area contributed by atoms with Crippen molar-refractivity contribution in [2.45, 2.75) is 44.8 Å². The highest BCUT2D eigenvalue weighted by atomic mass is 32.1. The van der Waals surface area contributed by atoms with Crippen LogP contribution >= 0.6 is 11.3 Å². The molecule has 1 N–H and O–H groups in total. The molecule has 3 heterocycles. The maximum Gasteiger partial charge on any atom is 0.412 e. The van der Waals surface area contributed by atoms with Gasteiger partial charge >= 0.3 is 6.09 Å². The molecule has 1 aliphatic rings. The summed E-state index contributed by atoms with van der Waals surface area (Å²) in [7, 11) is 1.55. The third-order valence-electron chi connectivity index (χ3n) is 6.76. The second-order valence-corrected chi connectivity index (χ2v) is 10.6. The van der Waals surface area contributed by atoms with Crippen molar-refractivity contribution in [3.05, 3.63) is 66.4 Å². The number of benzene rings is 2. The molecule has 204 valence electrons. The van der Waals surface area contributed by atoms with Crippen molar-refractivity contribution in [3.8, 4) is 22.2 Å². The molecule has 0 spiro atoms. The van der Waals surface area contributed by atoms with E-state index >= 15 is 4.39 Å². The molecule has 6 rings (SSSR count). The molecule has 0 aliphatic heterocycles. The third-order valence-corrected chi connectivity index (χ3v) is 7.81. The second kappa shape index (κ2) is 11.0. The largest absolute Gasteiger partial charge is 0.483 e. The Kier molecular flexibility index (Phi) is 7.12. The van der Waals surface area contributed by atoms with E-state index in [9.17, 15) is 4.79 Å². The number of pyridine rings is 1. The fourth-order valence-electron chi connectivity index (χ4n) is 4.86. The molecule has 40 heavy (non-hydrogen) atoms. The van der Waals surface area contributed by atoms with Gasteiger partial charge in [0.15, 0.2) is 11.6 Å². The first-order chi connectivity index (χ1) is 19.5. The number of fused-ring (bicyclic) bond motifs is 2. The molecule has 1 fully saturated rings. The minimum Gasteiger partial charge on any atom is -0.483 e. The first-order valence-corrected chi connectivity index (χ1v) is 13.7. The van der Waals surface area contributed by atoms with Gasteiger partial charge in [-0.2, -0.15) is 0 Å². The Labute approximate surface area is 233 Å². The lowest BCUT2D eigenvalue weighted by Gasteiger charge is -2.31. The predicted octanol–water partition coefficient (Wildman–Crippen LogP) is 6.70. The first-order valence-electron chi connectivity index (χ1n) is 12.9. The second-order valence-electron chi connectivity index (χ2n) is 9.61. The maximum absolute atomic E-state index is 15.2. The summed E-state index contributed by atoms with van der Waals surface area (Å²) < 4.78 is 33.1. The van der Waals surface area contributed by atoms with Crippen molar-refractivity contribution in [1.82, 2.24) is 19.9 Å². The van der Waals surface area contributed by atoms with E-state index in [2.05, 4.69) is 20.3 Å². The van der Waals surface area contributed by atoms with Crippen LogP contribution in [-0.4, -0.2) is 45.3 Å². The van der Waals surface area contributed by atoms with E-state index in [1.165, 1.54) is 17.4 Å². The van der Waals surface area contributed by atoms with E-state index in [1.807, 2.05) is 19.1 Å². The summed E-state index contributed by atoms with van der Waals surface area (Å²) in [5.41, 5.74) is 4.30. The van der Waals surface area contributed by atoms with Gasteiger partial charge in [0.2, 0.25) is 5.88 Å². The van der Waals surface area contributed by atoms with Crippen molar-refractivity contribution in [3.63, 3.8) is 0 Å². The molecular formula is C29H26FN5O4S. The van der Waals surface area contributed by atoms with Gasteiger partial charge in [-0.1, -0.05) is 0 Å². The van der Waals surface area contributed by atoms with E-state index in [4.69, 9.17) is 19.2 Å². The molecule has 3 aromatic heterocycles. The molecule has 9 nitrogen and oxygen atoms in total. The number of thiazole rings is 1. The zero-order chi connectivity index (χ0) is 27.6. The average molecular weight is 560 g/mol. The van der Waals surface area contributed by atoms with Crippen LogP contribution in [0, 0.1) is 12.7 Å². The van der Waals surface area contributed by atoms with Crippen LogP contribution < -0.4 is 14.8 Å². The molecule has 2 aromatic carbocycles. The van der Waals surface area contributed by atoms with Crippen LogP contribution in [0.5, 0.6) is 11.6 Å². The van der Waals surface area contributed by atoms with E-state index in [0.717, 1.165) is 28.7 Å². The summed E-state index contributed by atoms with van der Waals surface area (Å²) in [5, 5.41) is 3.40. The number of anilines is 1. The number of aromatic nitrogens is 4. The van der Waals surface area contributed by atoms with Gasteiger partial charge < -0.3 is 14.2 Å². The molecule has 5 aromatic rings. The molecule has 11 heteroatoms. The molecular weight excluding hydrogens is 533 g/mol. The Bertz CT molecular complexity index is 1700. The summed E-state index contributed by atoms with van der Waals surface area (Å²) in [4.78, 5) is 30.2. The number of hydrogen-bond donors (Lipinski definition) is 1. The van der Waals surface area contributed by atoms with E-state index in [-0.39, 0.29) is 5.75 Å². The average Bonchev–Trinajstić information content (AvgIpc) is 3.36. The van der Waals surface area contributed by atoms with Crippen LogP contribution in [0.25, 0.3) is 31.8 Å². The van der Waals surface area contributed by atoms with Crippen LogP contribution in [-0.2, 0) is 4.74 Å². The van der Waals surface area contributed by atoms with Gasteiger partial charge in [0, 0.05) is 35.8 Å². The number of ether oxygens (including phenoxy) is 3. The number of amides is 1. The standard InChI is InChI=1S/C29H26FN5O4S/c1-16-11-18(27-21(12-16)34-26(37-2)15-32-27)28-35-20-13-19(30)24(14-25(20)40-28)38-22-5-3-4-6-23(22)39-29(36)33-17-7-9-31-10-8-17/h7-15,22-23H,3-6H2,1-2H3,(H,31,33,36)/t22?,23-/m0/s1. The third kappa shape index (κ3) is 5.37. The van der Waals surface area contributed by atoms with Crippen LogP contribution in [0.2, 0.25) is 0 Å². The van der Waals surface area contributed by atoms with Crippen LogP contribution in [0.1, 0.15) is 31.2 Å². The number of carbonyl (C=O) groups is 1. The van der Waals surface area contributed by atoms with Gasteiger partial charge in [-0.3, -0.25) is 10.3 Å². The van der Waals surface area contributed by atoms with Crippen LogP contribution in [0.4, 0.5) is 14.9 Å². The number of carbonyl (C=O) groups excluding carboxylic acids is 1. The molecule has 1 saturated carbocycles. The highest BCUT2D eigenvalue weighted by Gasteiger charge is 2.31. The monoisotopic (exact) mass is 559 g/mol. The molecule has 1 aliphatic carbocycles. The number of nitrogens with one attached hydrogen (secondary N) is 1. The maximum atomic E-state index is 15.2. The zero-order valence-corrected chi connectivity index (χ0v) is 22.7. The van der Waals surface area contributed by atoms with E-state index in [1.54, 1.807) is 43.9 Å². The van der Waals surface area contributed by atoms with Gasteiger partial charge in [0.05, 0.1) is 34.6 Å². The van der Waals surface area contributed by atoms with Gasteiger partial charge in [-0.05, 0) is 62.4 Å². The first kappa shape index (κ1) is 25.9. The summed E-state index contributed by atoms with van der Waals surface area (Å²) >= 11 is 1.42. The lowest BCUT2D eigenvalue weighted by atomic mass is 9.94. The van der Waals surface area contributed by atoms with Gasteiger partial charge in [-0.15, -0.1) is 11.3 Å². The lowest BCUT2D eigenvalue weighted by Crippen LogP contribution is -2.39. The summed E-state index contributed by atoms with van der Waals surface area (Å²) in [5.74, 6) is 0.0157. The van der Waals surface area contributed by atoms with Crippen molar-refractivity contribution in [1.29, 1.82) is 0 Å². The van der Waals surface area contributed by atoms with E-state index in [0.29, 0.717) is 46.0 Å².